The quantitative estimate of drug-likeness (QED) is 0.619. The molecular formula is C23H28O6. The summed E-state index contributed by atoms with van der Waals surface area (Å²) in [5.74, 6) is -0.247. The fourth-order valence-electron chi connectivity index (χ4n) is 5.14. The van der Waals surface area contributed by atoms with Crippen molar-refractivity contribution in [1.82, 2.24) is 0 Å². The van der Waals surface area contributed by atoms with Crippen molar-refractivity contribution in [3.05, 3.63) is 41.0 Å². The van der Waals surface area contributed by atoms with Gasteiger partial charge in [0.1, 0.15) is 18.0 Å². The number of benzene rings is 1. The number of fused-ring (bicyclic) bond motifs is 3. The number of hydrogen-bond acceptors (Lipinski definition) is 6. The minimum atomic E-state index is -0.922. The van der Waals surface area contributed by atoms with E-state index in [9.17, 15) is 14.7 Å². The normalized spacial score (nSPS) is 36.2. The predicted molar refractivity (Wildman–Crippen MR) is 105 cm³/mol. The van der Waals surface area contributed by atoms with Gasteiger partial charge in [-0.1, -0.05) is 6.92 Å². The Morgan fingerprint density at radius 3 is 2.62 bits per heavy atom. The third-order valence-corrected chi connectivity index (χ3v) is 7.03. The molecule has 1 saturated heterocycles. The van der Waals surface area contributed by atoms with Crippen molar-refractivity contribution in [3.63, 3.8) is 0 Å². The lowest BCUT2D eigenvalue weighted by Crippen LogP contribution is -2.35. The zero-order valence-electron chi connectivity index (χ0n) is 17.3. The average Bonchev–Trinajstić information content (AvgIpc) is 3.13. The minimum absolute atomic E-state index is 0.0555. The summed E-state index contributed by atoms with van der Waals surface area (Å²) in [5, 5.41) is 11.1. The summed E-state index contributed by atoms with van der Waals surface area (Å²) in [6, 6.07) is 6.77. The van der Waals surface area contributed by atoms with Crippen molar-refractivity contribution in [2.45, 2.75) is 57.8 Å². The average molecular weight is 400 g/mol. The largest absolute Gasteiger partial charge is 0.497 e. The number of carbonyl (C=O) groups excluding carboxylic acids is 2. The fourth-order valence-corrected chi connectivity index (χ4v) is 5.14. The van der Waals surface area contributed by atoms with Gasteiger partial charge >= 0.3 is 11.9 Å². The molecule has 4 rings (SSSR count). The maximum atomic E-state index is 12.7. The van der Waals surface area contributed by atoms with E-state index < -0.39 is 17.7 Å². The molecule has 29 heavy (non-hydrogen) atoms. The van der Waals surface area contributed by atoms with E-state index in [2.05, 4.69) is 0 Å². The highest BCUT2D eigenvalue weighted by atomic mass is 16.6. The van der Waals surface area contributed by atoms with E-state index in [0.29, 0.717) is 24.2 Å². The lowest BCUT2D eigenvalue weighted by Gasteiger charge is -2.31. The molecule has 0 bridgehead atoms. The van der Waals surface area contributed by atoms with Crippen molar-refractivity contribution in [1.29, 1.82) is 0 Å². The van der Waals surface area contributed by atoms with Crippen LogP contribution in [0, 0.1) is 17.8 Å². The van der Waals surface area contributed by atoms with E-state index in [4.69, 9.17) is 14.2 Å². The molecule has 2 fully saturated rings. The zero-order chi connectivity index (χ0) is 20.9. The molecule has 156 valence electrons. The van der Waals surface area contributed by atoms with Gasteiger partial charge in [0, 0.05) is 11.8 Å². The number of aliphatic hydroxyl groups is 1. The Kier molecular flexibility index (Phi) is 4.93. The molecule has 0 aromatic heterocycles. The Balaban J connectivity index is 1.61. The fraction of sp³-hybridized carbons (Fsp3) is 0.565. The Labute approximate surface area is 170 Å². The standard InChI is InChI=1S/C23H28O6/c1-12-16-9-10-23(3,26)17-11-18(13(2)19(17)20(16)29-21(12)24)28-22(25)14-5-7-15(27-4)8-6-14/h5-8,12,16-18,20,26H,9-11H2,1-4H3/t12-,16-,17?,18-,20-,23+/m0/s1. The molecule has 6 nitrogen and oxygen atoms in total. The molecule has 1 aromatic carbocycles. The lowest BCUT2D eigenvalue weighted by molar-refractivity contribution is -0.143. The number of ether oxygens (including phenoxy) is 3. The molecule has 1 saturated carbocycles. The van der Waals surface area contributed by atoms with Crippen molar-refractivity contribution in [3.8, 4) is 5.75 Å². The van der Waals surface area contributed by atoms with Crippen LogP contribution in [0.3, 0.4) is 0 Å². The molecule has 2 aliphatic carbocycles. The number of carbonyl (C=O) groups is 2. The summed E-state index contributed by atoms with van der Waals surface area (Å²) >= 11 is 0. The highest BCUT2D eigenvalue weighted by molar-refractivity contribution is 5.89. The van der Waals surface area contributed by atoms with Crippen LogP contribution in [0.4, 0.5) is 0 Å². The molecular weight excluding hydrogens is 372 g/mol. The lowest BCUT2D eigenvalue weighted by atomic mass is 9.81. The smallest absolute Gasteiger partial charge is 0.338 e. The van der Waals surface area contributed by atoms with E-state index in [0.717, 1.165) is 17.6 Å². The molecule has 1 aliphatic heterocycles. The Hall–Kier alpha value is -2.34. The SMILES string of the molecule is COc1ccc(C(=O)O[C@H]2CC3C(=C2C)[C@H]2OC(=O)[C@@H](C)[C@@H]2CC[C@@]3(C)O)cc1. The van der Waals surface area contributed by atoms with Crippen LogP contribution in [-0.2, 0) is 14.3 Å². The van der Waals surface area contributed by atoms with Crippen molar-refractivity contribution in [2.75, 3.05) is 7.11 Å². The number of hydrogen-bond donors (Lipinski definition) is 1. The van der Waals surface area contributed by atoms with Crippen LogP contribution in [-0.4, -0.2) is 42.0 Å². The summed E-state index contributed by atoms with van der Waals surface area (Å²) in [6.07, 6.45) is 1.07. The Morgan fingerprint density at radius 2 is 1.97 bits per heavy atom. The second-order valence-corrected chi connectivity index (χ2v) is 8.75. The molecule has 1 aromatic rings. The van der Waals surface area contributed by atoms with Crippen molar-refractivity contribution >= 4 is 11.9 Å². The van der Waals surface area contributed by atoms with Gasteiger partial charge in [-0.25, -0.2) is 4.79 Å². The van der Waals surface area contributed by atoms with Gasteiger partial charge in [-0.15, -0.1) is 0 Å². The van der Waals surface area contributed by atoms with Gasteiger partial charge < -0.3 is 19.3 Å². The third-order valence-electron chi connectivity index (χ3n) is 7.03. The van der Waals surface area contributed by atoms with E-state index in [1.807, 2.05) is 20.8 Å². The minimum Gasteiger partial charge on any atom is -0.497 e. The first-order valence-electron chi connectivity index (χ1n) is 10.2. The van der Waals surface area contributed by atoms with Crippen molar-refractivity contribution < 1.29 is 28.9 Å². The van der Waals surface area contributed by atoms with Crippen LogP contribution < -0.4 is 4.74 Å². The molecule has 1 N–H and O–H groups in total. The molecule has 6 heteroatoms. The third kappa shape index (κ3) is 3.33. The molecule has 0 amide bonds. The Bertz CT molecular complexity index is 853. The van der Waals surface area contributed by atoms with Crippen LogP contribution in [0.15, 0.2) is 35.4 Å². The van der Waals surface area contributed by atoms with Gasteiger partial charge in [0.25, 0.3) is 0 Å². The van der Waals surface area contributed by atoms with E-state index in [-0.39, 0.29) is 29.8 Å². The number of methoxy groups -OCH3 is 1. The molecule has 0 radical (unpaired) electrons. The van der Waals surface area contributed by atoms with E-state index in [1.165, 1.54) is 0 Å². The summed E-state index contributed by atoms with van der Waals surface area (Å²) < 4.78 is 16.7. The maximum absolute atomic E-state index is 12.7. The van der Waals surface area contributed by atoms with Crippen LogP contribution in [0.2, 0.25) is 0 Å². The van der Waals surface area contributed by atoms with Gasteiger partial charge in [-0.3, -0.25) is 4.79 Å². The molecule has 0 spiro atoms. The molecule has 6 atom stereocenters. The maximum Gasteiger partial charge on any atom is 0.338 e. The second kappa shape index (κ2) is 7.17. The number of rotatable bonds is 3. The van der Waals surface area contributed by atoms with Gasteiger partial charge in [0.2, 0.25) is 0 Å². The van der Waals surface area contributed by atoms with Crippen molar-refractivity contribution in [2.24, 2.45) is 17.8 Å². The van der Waals surface area contributed by atoms with Crippen LogP contribution in [0.1, 0.15) is 50.4 Å². The molecule has 3 aliphatic rings. The van der Waals surface area contributed by atoms with E-state index in [1.54, 1.807) is 31.4 Å². The van der Waals surface area contributed by atoms with Crippen LogP contribution in [0.25, 0.3) is 0 Å². The topological polar surface area (TPSA) is 82.1 Å². The molecule has 1 unspecified atom stereocenters. The predicted octanol–water partition coefficient (Wildman–Crippen LogP) is 3.28. The van der Waals surface area contributed by atoms with E-state index >= 15 is 0 Å². The van der Waals surface area contributed by atoms with Gasteiger partial charge in [-0.05, 0) is 68.5 Å². The first-order valence-corrected chi connectivity index (χ1v) is 10.2. The summed E-state index contributed by atoms with van der Waals surface area (Å²) in [5.41, 5.74) is 1.37. The first kappa shape index (κ1) is 20.0. The summed E-state index contributed by atoms with van der Waals surface area (Å²) in [7, 11) is 1.57. The highest BCUT2D eigenvalue weighted by Gasteiger charge is 2.55. The highest BCUT2D eigenvalue weighted by Crippen LogP contribution is 2.52. The second-order valence-electron chi connectivity index (χ2n) is 8.75. The van der Waals surface area contributed by atoms with Gasteiger partial charge in [0.15, 0.2) is 0 Å². The first-order chi connectivity index (χ1) is 13.7. The summed E-state index contributed by atoms with van der Waals surface area (Å²) in [4.78, 5) is 24.9. The monoisotopic (exact) mass is 400 g/mol. The summed E-state index contributed by atoms with van der Waals surface area (Å²) in [6.45, 7) is 5.66. The van der Waals surface area contributed by atoms with Crippen LogP contribution in [0.5, 0.6) is 5.75 Å². The Morgan fingerprint density at radius 1 is 1.28 bits per heavy atom. The molecule has 1 heterocycles. The zero-order valence-corrected chi connectivity index (χ0v) is 17.3. The van der Waals surface area contributed by atoms with Crippen LogP contribution >= 0.6 is 0 Å². The number of esters is 2. The van der Waals surface area contributed by atoms with Gasteiger partial charge in [-0.2, -0.15) is 0 Å². The van der Waals surface area contributed by atoms with Gasteiger partial charge in [0.05, 0.1) is 24.2 Å².